The minimum atomic E-state index is -0.166. The van der Waals surface area contributed by atoms with E-state index in [2.05, 4.69) is 18.0 Å². The van der Waals surface area contributed by atoms with Gasteiger partial charge in [0.05, 0.1) is 13.7 Å². The number of fused-ring (bicyclic) bond motifs is 1. The number of aliphatic hydroxyl groups is 1. The van der Waals surface area contributed by atoms with Gasteiger partial charge in [-0.05, 0) is 54.9 Å². The molecule has 6 nitrogen and oxygen atoms in total. The monoisotopic (exact) mass is 420 g/mol. The van der Waals surface area contributed by atoms with Crippen molar-refractivity contribution < 1.29 is 14.3 Å². The van der Waals surface area contributed by atoms with E-state index < -0.39 is 0 Å². The van der Waals surface area contributed by atoms with Crippen LogP contribution in [0.4, 0.5) is 5.69 Å². The van der Waals surface area contributed by atoms with Gasteiger partial charge in [0.2, 0.25) is 0 Å². The molecule has 0 unspecified atom stereocenters. The summed E-state index contributed by atoms with van der Waals surface area (Å²) in [5.74, 6) is 0.911. The number of anilines is 1. The summed E-state index contributed by atoms with van der Waals surface area (Å²) in [6, 6.07) is 11.1. The number of hydrogen-bond donors (Lipinski definition) is 1. The summed E-state index contributed by atoms with van der Waals surface area (Å²) in [4.78, 5) is 17.4. The Morgan fingerprint density at radius 3 is 2.52 bits per heavy atom. The fraction of sp³-hybridized carbons (Fsp3) is 0.320. The fourth-order valence-electron chi connectivity index (χ4n) is 4.05. The van der Waals surface area contributed by atoms with Crippen molar-refractivity contribution in [2.75, 3.05) is 46.2 Å². The van der Waals surface area contributed by atoms with Crippen LogP contribution in [-0.4, -0.2) is 51.3 Å². The number of ether oxygens (including phenoxy) is 1. The third-order valence-electron chi connectivity index (χ3n) is 5.84. The zero-order valence-electron chi connectivity index (χ0n) is 18.4. The van der Waals surface area contributed by atoms with Gasteiger partial charge in [0, 0.05) is 50.1 Å². The summed E-state index contributed by atoms with van der Waals surface area (Å²) in [6.45, 7) is 1.55. The Balaban J connectivity index is 1.98. The molecule has 1 aliphatic heterocycles. The molecule has 0 aliphatic carbocycles. The Bertz CT molecular complexity index is 1190. The van der Waals surface area contributed by atoms with Crippen LogP contribution in [0.3, 0.4) is 0 Å². The van der Waals surface area contributed by atoms with E-state index in [1.54, 1.807) is 6.07 Å². The summed E-state index contributed by atoms with van der Waals surface area (Å²) in [5, 5.41) is 10.5. The van der Waals surface area contributed by atoms with Crippen LogP contribution >= 0.6 is 0 Å². The maximum atomic E-state index is 13.2. The fourth-order valence-corrected chi connectivity index (χ4v) is 4.05. The number of methoxy groups -OCH3 is 1. The quantitative estimate of drug-likeness (QED) is 0.678. The van der Waals surface area contributed by atoms with Crippen molar-refractivity contribution in [3.63, 3.8) is 0 Å². The van der Waals surface area contributed by atoms with Gasteiger partial charge in [-0.25, -0.2) is 0 Å². The minimum Gasteiger partial charge on any atom is -0.496 e. The number of benzene rings is 2. The van der Waals surface area contributed by atoms with Gasteiger partial charge in [-0.1, -0.05) is 6.08 Å². The molecule has 0 amide bonds. The number of rotatable bonds is 5. The van der Waals surface area contributed by atoms with E-state index >= 15 is 0 Å². The van der Waals surface area contributed by atoms with E-state index in [4.69, 9.17) is 9.15 Å². The van der Waals surface area contributed by atoms with Gasteiger partial charge in [-0.15, -0.1) is 0 Å². The van der Waals surface area contributed by atoms with Gasteiger partial charge in [0.15, 0.2) is 5.43 Å². The molecule has 6 heteroatoms. The molecule has 3 aromatic rings. The summed E-state index contributed by atoms with van der Waals surface area (Å²) in [7, 11) is 7.56. The van der Waals surface area contributed by atoms with Crippen molar-refractivity contribution in [1.29, 1.82) is 0 Å². The highest BCUT2D eigenvalue weighted by molar-refractivity contribution is 5.96. The maximum absolute atomic E-state index is 13.2. The second kappa shape index (κ2) is 8.57. The maximum Gasteiger partial charge on any atom is 0.197 e. The Kier molecular flexibility index (Phi) is 5.85. The first-order valence-electron chi connectivity index (χ1n) is 10.4. The standard InChI is InChI=1S/C25H28N2O4/c1-26(2)19-7-5-16(6-8-19)21-14-20(29)24-22(30-4)13-18(15-28)23(25(24)31-21)17-9-11-27(3)12-10-17/h5-9,13-14,28H,10-12,15H2,1-4H3. The van der Waals surface area contributed by atoms with Crippen LogP contribution in [0.5, 0.6) is 5.75 Å². The molecule has 162 valence electrons. The van der Waals surface area contributed by atoms with Crippen LogP contribution in [0.2, 0.25) is 0 Å². The lowest BCUT2D eigenvalue weighted by atomic mass is 9.92. The number of nitrogens with zero attached hydrogens (tertiary/aromatic N) is 2. The molecule has 1 N–H and O–H groups in total. The number of hydrogen-bond acceptors (Lipinski definition) is 6. The van der Waals surface area contributed by atoms with E-state index in [9.17, 15) is 9.90 Å². The van der Waals surface area contributed by atoms with Crippen molar-refractivity contribution in [1.82, 2.24) is 4.90 Å². The van der Waals surface area contributed by atoms with Crippen molar-refractivity contribution in [2.24, 2.45) is 0 Å². The smallest absolute Gasteiger partial charge is 0.197 e. The van der Waals surface area contributed by atoms with Crippen LogP contribution in [0.15, 0.2) is 51.7 Å². The molecule has 2 heterocycles. The van der Waals surface area contributed by atoms with E-state index in [0.717, 1.165) is 41.9 Å². The van der Waals surface area contributed by atoms with Crippen LogP contribution in [0, 0.1) is 0 Å². The van der Waals surface area contributed by atoms with Crippen LogP contribution in [0.1, 0.15) is 17.5 Å². The van der Waals surface area contributed by atoms with Crippen LogP contribution < -0.4 is 15.1 Å². The van der Waals surface area contributed by atoms with Gasteiger partial charge < -0.3 is 24.1 Å². The van der Waals surface area contributed by atoms with Crippen LogP contribution in [0.25, 0.3) is 27.9 Å². The SMILES string of the molecule is COc1cc(CO)c(C2=CCN(C)CC2)c2oc(-c3ccc(N(C)C)cc3)cc(=O)c12. The second-order valence-corrected chi connectivity index (χ2v) is 8.13. The third-order valence-corrected chi connectivity index (χ3v) is 5.84. The van der Waals surface area contributed by atoms with Crippen LogP contribution in [-0.2, 0) is 6.61 Å². The molecule has 1 aromatic heterocycles. The first-order valence-corrected chi connectivity index (χ1v) is 10.4. The molecular weight excluding hydrogens is 392 g/mol. The molecule has 31 heavy (non-hydrogen) atoms. The molecule has 0 saturated carbocycles. The minimum absolute atomic E-state index is 0.163. The van der Waals surface area contributed by atoms with Crippen molar-refractivity contribution >= 4 is 22.2 Å². The zero-order valence-corrected chi connectivity index (χ0v) is 18.4. The molecule has 0 spiro atoms. The van der Waals surface area contributed by atoms with Gasteiger partial charge in [0.1, 0.15) is 22.5 Å². The largest absolute Gasteiger partial charge is 0.496 e. The molecule has 4 rings (SSSR count). The van der Waals surface area contributed by atoms with Crippen molar-refractivity contribution in [2.45, 2.75) is 13.0 Å². The first kappa shape index (κ1) is 21.2. The Hall–Kier alpha value is -3.09. The summed E-state index contributed by atoms with van der Waals surface area (Å²) in [5.41, 5.74) is 4.77. The van der Waals surface area contributed by atoms with E-state index in [1.165, 1.54) is 13.2 Å². The summed E-state index contributed by atoms with van der Waals surface area (Å²) in [6.07, 6.45) is 2.96. The average molecular weight is 421 g/mol. The highest BCUT2D eigenvalue weighted by Gasteiger charge is 2.22. The predicted molar refractivity (Wildman–Crippen MR) is 125 cm³/mol. The van der Waals surface area contributed by atoms with Gasteiger partial charge in [0.25, 0.3) is 0 Å². The Morgan fingerprint density at radius 1 is 1.19 bits per heavy atom. The molecule has 0 saturated heterocycles. The predicted octanol–water partition coefficient (Wildman–Crippen LogP) is 3.75. The summed E-state index contributed by atoms with van der Waals surface area (Å²) >= 11 is 0. The molecule has 0 bridgehead atoms. The Labute approximate surface area is 182 Å². The molecular formula is C25H28N2O4. The number of likely N-dealkylation sites (N-methyl/N-ethyl adjacent to an activating group) is 1. The van der Waals surface area contributed by atoms with Crippen molar-refractivity contribution in [3.05, 3.63) is 63.8 Å². The lowest BCUT2D eigenvalue weighted by molar-refractivity contribution is 0.280. The normalized spacial score (nSPS) is 14.5. The van der Waals surface area contributed by atoms with E-state index in [1.807, 2.05) is 43.3 Å². The highest BCUT2D eigenvalue weighted by Crippen LogP contribution is 2.38. The van der Waals surface area contributed by atoms with E-state index in [0.29, 0.717) is 28.0 Å². The lowest BCUT2D eigenvalue weighted by Gasteiger charge is -2.24. The Morgan fingerprint density at radius 2 is 1.94 bits per heavy atom. The first-order chi connectivity index (χ1) is 14.9. The third kappa shape index (κ3) is 3.96. The second-order valence-electron chi connectivity index (χ2n) is 8.13. The lowest BCUT2D eigenvalue weighted by Crippen LogP contribution is -2.24. The molecule has 1 aliphatic rings. The molecule has 0 fully saturated rings. The molecule has 2 aromatic carbocycles. The van der Waals surface area contributed by atoms with Crippen molar-refractivity contribution in [3.8, 4) is 17.1 Å². The van der Waals surface area contributed by atoms with Gasteiger partial charge in [-0.3, -0.25) is 4.79 Å². The summed E-state index contributed by atoms with van der Waals surface area (Å²) < 4.78 is 11.9. The molecule has 0 atom stereocenters. The van der Waals surface area contributed by atoms with Gasteiger partial charge in [-0.2, -0.15) is 0 Å². The molecule has 0 radical (unpaired) electrons. The average Bonchev–Trinajstić information content (AvgIpc) is 2.78. The highest BCUT2D eigenvalue weighted by atomic mass is 16.5. The topological polar surface area (TPSA) is 66.2 Å². The van der Waals surface area contributed by atoms with E-state index in [-0.39, 0.29) is 12.0 Å². The zero-order chi connectivity index (χ0) is 22.1. The van der Waals surface area contributed by atoms with Gasteiger partial charge >= 0.3 is 0 Å². The number of aliphatic hydroxyl groups excluding tert-OH is 1.